The van der Waals surface area contributed by atoms with Crippen LogP contribution in [0.1, 0.15) is 30.4 Å². The summed E-state index contributed by atoms with van der Waals surface area (Å²) < 4.78 is 11.3. The normalized spacial score (nSPS) is 28.8. The Bertz CT molecular complexity index is 898. The quantitative estimate of drug-likeness (QED) is 0.863. The van der Waals surface area contributed by atoms with Crippen molar-refractivity contribution in [2.24, 2.45) is 11.8 Å². The second kappa shape index (κ2) is 7.47. The molecule has 5 rings (SSSR count). The number of hydrogen-bond acceptors (Lipinski definition) is 5. The van der Waals surface area contributed by atoms with Crippen LogP contribution < -0.4 is 9.47 Å². The van der Waals surface area contributed by atoms with Crippen LogP contribution in [0.5, 0.6) is 11.5 Å². The number of hydrogen-bond donors (Lipinski definition) is 1. The van der Waals surface area contributed by atoms with Crippen LogP contribution in [-0.4, -0.2) is 48.3 Å². The lowest BCUT2D eigenvalue weighted by Gasteiger charge is -2.53. The first-order valence-electron chi connectivity index (χ1n) is 10.5. The zero-order valence-corrected chi connectivity index (χ0v) is 16.9. The van der Waals surface area contributed by atoms with E-state index in [2.05, 4.69) is 16.0 Å². The molecule has 1 saturated carbocycles. The van der Waals surface area contributed by atoms with Crippen molar-refractivity contribution in [3.8, 4) is 11.5 Å². The van der Waals surface area contributed by atoms with Crippen LogP contribution in [0.4, 0.5) is 0 Å². The second-order valence-electron chi connectivity index (χ2n) is 8.58. The molecule has 1 aromatic heterocycles. The second-order valence-corrected chi connectivity index (χ2v) is 8.58. The maximum atomic E-state index is 11.7. The number of nitrogens with zero attached hydrogens (tertiary/aromatic N) is 2. The van der Waals surface area contributed by atoms with E-state index in [1.807, 2.05) is 36.5 Å². The number of methoxy groups -OCH3 is 1. The molecule has 2 fully saturated rings. The monoisotopic (exact) mass is 392 g/mol. The third kappa shape index (κ3) is 3.32. The molecule has 0 radical (unpaired) electrons. The van der Waals surface area contributed by atoms with Gasteiger partial charge in [0.1, 0.15) is 18.1 Å². The zero-order valence-electron chi connectivity index (χ0n) is 16.9. The average Bonchev–Trinajstić information content (AvgIpc) is 2.74. The number of aliphatic hydroxyl groups is 1. The number of benzene rings is 1. The van der Waals surface area contributed by atoms with Gasteiger partial charge in [0.05, 0.1) is 12.7 Å². The molecule has 152 valence electrons. The highest BCUT2D eigenvalue weighted by molar-refractivity contribution is 5.64. The van der Waals surface area contributed by atoms with Crippen molar-refractivity contribution in [2.75, 3.05) is 33.4 Å². The minimum absolute atomic E-state index is 0.247. The Balaban J connectivity index is 1.35. The highest BCUT2D eigenvalue weighted by atomic mass is 16.5. The van der Waals surface area contributed by atoms with Gasteiger partial charge in [0, 0.05) is 55.0 Å². The van der Waals surface area contributed by atoms with Gasteiger partial charge in [-0.05, 0) is 48.8 Å². The molecule has 0 amide bonds. The fourth-order valence-corrected chi connectivity index (χ4v) is 5.45. The molecule has 0 unspecified atom stereocenters. The zero-order chi connectivity index (χ0) is 19.8. The van der Waals surface area contributed by atoms with Crippen LogP contribution in [0.2, 0.25) is 0 Å². The lowest BCUT2D eigenvalue weighted by atomic mass is 9.63. The summed E-state index contributed by atoms with van der Waals surface area (Å²) in [7, 11) is 1.69. The van der Waals surface area contributed by atoms with Gasteiger partial charge in [-0.3, -0.25) is 9.88 Å². The van der Waals surface area contributed by atoms with Gasteiger partial charge in [-0.25, -0.2) is 0 Å². The summed E-state index contributed by atoms with van der Waals surface area (Å²) in [5.74, 6) is 2.25. The van der Waals surface area contributed by atoms with Gasteiger partial charge < -0.3 is 14.6 Å². The maximum Gasteiger partial charge on any atom is 0.127 e. The molecule has 3 heterocycles. The third-order valence-electron chi connectivity index (χ3n) is 6.85. The Kier molecular flexibility index (Phi) is 4.80. The molecule has 2 aliphatic heterocycles. The Labute approximate surface area is 172 Å². The molecule has 1 aromatic carbocycles. The van der Waals surface area contributed by atoms with Crippen molar-refractivity contribution in [3.63, 3.8) is 0 Å². The van der Waals surface area contributed by atoms with Crippen molar-refractivity contribution >= 4 is 6.08 Å². The summed E-state index contributed by atoms with van der Waals surface area (Å²) in [5.41, 5.74) is 2.58. The minimum atomic E-state index is -0.750. The van der Waals surface area contributed by atoms with Gasteiger partial charge in [0.15, 0.2) is 0 Å². The predicted molar refractivity (Wildman–Crippen MR) is 112 cm³/mol. The molecule has 1 saturated heterocycles. The van der Waals surface area contributed by atoms with E-state index in [-0.39, 0.29) is 11.8 Å². The highest BCUT2D eigenvalue weighted by Crippen LogP contribution is 2.49. The number of piperidine rings is 1. The van der Waals surface area contributed by atoms with E-state index in [0.29, 0.717) is 6.61 Å². The standard InChI is InChI=1S/C24H28N2O3/c1-28-22-7-8-23-18(11-22)10-17(16-29-23)13-26-14-20-4-2-5-21(15-26)24(20,27)19-6-3-9-25-12-19/h3,6-12,20-21,27H,2,4-5,13-16H2,1H3/t20-,21-/m0/s1. The Hall–Kier alpha value is -2.37. The molecule has 0 spiro atoms. The van der Waals surface area contributed by atoms with Gasteiger partial charge >= 0.3 is 0 Å². The molecule has 29 heavy (non-hydrogen) atoms. The summed E-state index contributed by atoms with van der Waals surface area (Å²) in [4.78, 5) is 6.77. The van der Waals surface area contributed by atoms with E-state index in [1.165, 1.54) is 12.0 Å². The molecule has 5 nitrogen and oxygen atoms in total. The summed E-state index contributed by atoms with van der Waals surface area (Å²) >= 11 is 0. The van der Waals surface area contributed by atoms with E-state index >= 15 is 0 Å². The van der Waals surface area contributed by atoms with E-state index in [9.17, 15) is 5.11 Å². The topological polar surface area (TPSA) is 54.8 Å². The van der Waals surface area contributed by atoms with E-state index < -0.39 is 5.60 Å². The Morgan fingerprint density at radius 2 is 2.07 bits per heavy atom. The summed E-state index contributed by atoms with van der Waals surface area (Å²) in [5, 5.41) is 11.7. The van der Waals surface area contributed by atoms with Gasteiger partial charge in [0.2, 0.25) is 0 Å². The van der Waals surface area contributed by atoms with Gasteiger partial charge in [0.25, 0.3) is 0 Å². The number of likely N-dealkylation sites (tertiary alicyclic amines) is 1. The molecule has 2 atom stereocenters. The first kappa shape index (κ1) is 18.6. The van der Waals surface area contributed by atoms with Gasteiger partial charge in [-0.1, -0.05) is 12.5 Å². The minimum Gasteiger partial charge on any atom is -0.497 e. The smallest absolute Gasteiger partial charge is 0.127 e. The average molecular weight is 392 g/mol. The number of rotatable bonds is 4. The van der Waals surface area contributed by atoms with Crippen LogP contribution in [0.25, 0.3) is 6.08 Å². The summed E-state index contributed by atoms with van der Waals surface area (Å²) in [6.07, 6.45) is 9.19. The SMILES string of the molecule is COc1ccc2c(c1)C=C(CN1C[C@@H]3CCC[C@@H](C1)C3(O)c1cccnc1)CO2. The largest absolute Gasteiger partial charge is 0.497 e. The molecule has 5 heteroatoms. The van der Waals surface area contributed by atoms with Crippen molar-refractivity contribution in [3.05, 3.63) is 59.4 Å². The van der Waals surface area contributed by atoms with Crippen LogP contribution >= 0.6 is 0 Å². The van der Waals surface area contributed by atoms with Crippen molar-refractivity contribution in [2.45, 2.75) is 24.9 Å². The first-order chi connectivity index (χ1) is 14.2. The van der Waals surface area contributed by atoms with Crippen molar-refractivity contribution in [1.29, 1.82) is 0 Å². The van der Waals surface area contributed by atoms with Gasteiger partial charge in [-0.15, -0.1) is 0 Å². The molecule has 1 N–H and O–H groups in total. The van der Waals surface area contributed by atoms with Crippen molar-refractivity contribution < 1.29 is 14.6 Å². The van der Waals surface area contributed by atoms with Crippen LogP contribution in [0.15, 0.2) is 48.3 Å². The Morgan fingerprint density at radius 3 is 2.79 bits per heavy atom. The fourth-order valence-electron chi connectivity index (χ4n) is 5.45. The molecular formula is C24H28N2O3. The summed E-state index contributed by atoms with van der Waals surface area (Å²) in [6.45, 7) is 3.32. The third-order valence-corrected chi connectivity index (χ3v) is 6.85. The molecular weight excluding hydrogens is 364 g/mol. The predicted octanol–water partition coefficient (Wildman–Crippen LogP) is 3.49. The van der Waals surface area contributed by atoms with E-state index in [4.69, 9.17) is 9.47 Å². The number of aromatic nitrogens is 1. The maximum absolute atomic E-state index is 11.7. The fraction of sp³-hybridized carbons (Fsp3) is 0.458. The lowest BCUT2D eigenvalue weighted by Crippen LogP contribution is -2.58. The first-order valence-corrected chi connectivity index (χ1v) is 10.5. The molecule has 3 aliphatic rings. The number of fused-ring (bicyclic) bond motifs is 3. The van der Waals surface area contributed by atoms with E-state index in [0.717, 1.165) is 55.1 Å². The molecule has 1 aliphatic carbocycles. The molecule has 2 aromatic rings. The van der Waals surface area contributed by atoms with Crippen LogP contribution in [0, 0.1) is 11.8 Å². The van der Waals surface area contributed by atoms with E-state index in [1.54, 1.807) is 13.3 Å². The lowest BCUT2D eigenvalue weighted by molar-refractivity contribution is -0.145. The number of ether oxygens (including phenoxy) is 2. The summed E-state index contributed by atoms with van der Waals surface area (Å²) in [6, 6.07) is 9.91. The number of pyridine rings is 1. The van der Waals surface area contributed by atoms with Crippen LogP contribution in [-0.2, 0) is 5.60 Å². The van der Waals surface area contributed by atoms with Gasteiger partial charge in [-0.2, -0.15) is 0 Å². The van der Waals surface area contributed by atoms with Crippen LogP contribution in [0.3, 0.4) is 0 Å². The highest BCUT2D eigenvalue weighted by Gasteiger charge is 2.51. The Morgan fingerprint density at radius 1 is 1.24 bits per heavy atom. The molecule has 2 bridgehead atoms. The van der Waals surface area contributed by atoms with Crippen molar-refractivity contribution in [1.82, 2.24) is 9.88 Å².